The van der Waals surface area contributed by atoms with Crippen LogP contribution in [-0.4, -0.2) is 0 Å². The van der Waals surface area contributed by atoms with E-state index in [1.807, 2.05) is 0 Å². The van der Waals surface area contributed by atoms with Gasteiger partial charge in [0.25, 0.3) is 0 Å². The molecule has 0 fully saturated rings. The van der Waals surface area contributed by atoms with Crippen molar-refractivity contribution in [3.63, 3.8) is 0 Å². The summed E-state index contributed by atoms with van der Waals surface area (Å²) in [5.41, 5.74) is 0. The highest BCUT2D eigenvalue weighted by molar-refractivity contribution is 14.1. The van der Waals surface area contributed by atoms with E-state index in [0.29, 0.717) is 0 Å². The van der Waals surface area contributed by atoms with Gasteiger partial charge in [-0.3, -0.25) is 0 Å². The van der Waals surface area contributed by atoms with E-state index in [9.17, 15) is 0 Å². The Morgan fingerprint density at radius 2 is 2.25 bits per heavy atom. The second-order valence-electron chi connectivity index (χ2n) is 2.36. The lowest BCUT2D eigenvalue weighted by molar-refractivity contribution is 1.45. The van der Waals surface area contributed by atoms with Crippen molar-refractivity contribution in [1.29, 1.82) is 0 Å². The van der Waals surface area contributed by atoms with Crippen molar-refractivity contribution in [3.8, 4) is 0 Å². The Bertz CT molecular complexity index is 436. The minimum absolute atomic E-state index is 1.01. The molecule has 0 aliphatic carbocycles. The first-order chi connectivity index (χ1) is 5.70. The lowest BCUT2D eigenvalue weighted by Crippen LogP contribution is -1.77. The molecule has 1 aromatic carbocycles. The molecule has 2 aromatic rings. The summed E-state index contributed by atoms with van der Waals surface area (Å²) >= 11 is 12.0. The Kier molecular flexibility index (Phi) is 2.69. The molecular weight excluding hydrogens is 367 g/mol. The summed E-state index contributed by atoms with van der Waals surface area (Å²) in [7, 11) is 0. The fourth-order valence-corrected chi connectivity index (χ4v) is 3.68. The quantitative estimate of drug-likeness (QED) is 0.510. The Hall–Kier alpha value is 0.740. The number of hydrogen-bond acceptors (Lipinski definition) is 2. The van der Waals surface area contributed by atoms with Gasteiger partial charge in [-0.25, -0.2) is 0 Å². The van der Waals surface area contributed by atoms with E-state index in [2.05, 4.69) is 68.7 Å². The van der Waals surface area contributed by atoms with E-state index in [0.717, 1.165) is 9.37 Å². The zero-order chi connectivity index (χ0) is 8.72. The molecule has 0 radical (unpaired) electrons. The average Bonchev–Trinajstić information content (AvgIpc) is 2.48. The predicted molar refractivity (Wildman–Crippen MR) is 69.5 cm³/mol. The number of thiol groups is 1. The van der Waals surface area contributed by atoms with Gasteiger partial charge in [0, 0.05) is 23.0 Å². The van der Waals surface area contributed by atoms with Gasteiger partial charge in [0.05, 0.1) is 0 Å². The second kappa shape index (κ2) is 3.48. The number of benzene rings is 1. The molecule has 0 N–H and O–H groups in total. The summed E-state index contributed by atoms with van der Waals surface area (Å²) in [4.78, 5) is 1.01. The highest BCUT2D eigenvalue weighted by atomic mass is 127. The van der Waals surface area contributed by atoms with Gasteiger partial charge in [-0.15, -0.1) is 24.0 Å². The van der Waals surface area contributed by atoms with Crippen molar-refractivity contribution in [2.24, 2.45) is 0 Å². The maximum absolute atomic E-state index is 4.37. The molecule has 0 saturated heterocycles. The van der Waals surface area contributed by atoms with Gasteiger partial charge in [-0.2, -0.15) is 0 Å². The largest absolute Gasteiger partial charge is 0.144 e. The molecule has 2 rings (SSSR count). The normalized spacial score (nSPS) is 10.9. The first kappa shape index (κ1) is 9.30. The third kappa shape index (κ3) is 1.42. The smallest absolute Gasteiger partial charge is 0.0449 e. The predicted octanol–water partition coefficient (Wildman–Crippen LogP) is 4.56. The first-order valence-corrected chi connectivity index (χ1v) is 6.44. The molecule has 0 saturated carbocycles. The van der Waals surface area contributed by atoms with Crippen molar-refractivity contribution < 1.29 is 0 Å². The van der Waals surface area contributed by atoms with Gasteiger partial charge in [0.1, 0.15) is 0 Å². The summed E-state index contributed by atoms with van der Waals surface area (Å²) < 4.78 is 3.64. The summed E-state index contributed by atoms with van der Waals surface area (Å²) in [5, 5.41) is 3.41. The number of fused-ring (bicyclic) bond motifs is 1. The van der Waals surface area contributed by atoms with Crippen LogP contribution in [0.1, 0.15) is 0 Å². The van der Waals surface area contributed by atoms with E-state index in [4.69, 9.17) is 0 Å². The van der Waals surface area contributed by atoms with Crippen LogP contribution in [0.15, 0.2) is 26.9 Å². The third-order valence-electron chi connectivity index (χ3n) is 1.62. The van der Waals surface area contributed by atoms with E-state index in [1.165, 1.54) is 13.7 Å². The van der Waals surface area contributed by atoms with Gasteiger partial charge in [0.2, 0.25) is 0 Å². The lowest BCUT2D eigenvalue weighted by Gasteiger charge is -2.01. The number of halogens is 2. The SMILES string of the molecule is Sc1cc2sccc2c(I)c1Br. The Morgan fingerprint density at radius 3 is 3.00 bits per heavy atom. The van der Waals surface area contributed by atoms with Crippen molar-refractivity contribution >= 4 is 72.6 Å². The van der Waals surface area contributed by atoms with Gasteiger partial charge in [-0.05, 0) is 56.0 Å². The fraction of sp³-hybridized carbons (Fsp3) is 0. The van der Waals surface area contributed by atoms with E-state index in [1.54, 1.807) is 11.3 Å². The van der Waals surface area contributed by atoms with Crippen LogP contribution in [0.3, 0.4) is 0 Å². The van der Waals surface area contributed by atoms with Crippen LogP contribution >= 0.6 is 62.5 Å². The Labute approximate surface area is 102 Å². The van der Waals surface area contributed by atoms with Crippen molar-refractivity contribution in [3.05, 3.63) is 25.6 Å². The monoisotopic (exact) mass is 370 g/mol. The zero-order valence-corrected chi connectivity index (χ0v) is 11.3. The summed E-state index contributed by atoms with van der Waals surface area (Å²) in [6.07, 6.45) is 0. The summed E-state index contributed by atoms with van der Waals surface area (Å²) in [6.45, 7) is 0. The second-order valence-corrected chi connectivity index (χ2v) is 5.66. The van der Waals surface area contributed by atoms with Crippen LogP contribution in [0.4, 0.5) is 0 Å². The standard InChI is InChI=1S/C8H4BrIS2/c9-7-5(11)3-6-4(8(7)10)1-2-12-6/h1-3,11H. The third-order valence-corrected chi connectivity index (χ3v) is 5.83. The van der Waals surface area contributed by atoms with Crippen molar-refractivity contribution in [1.82, 2.24) is 0 Å². The Morgan fingerprint density at radius 1 is 1.50 bits per heavy atom. The molecule has 12 heavy (non-hydrogen) atoms. The topological polar surface area (TPSA) is 0 Å². The van der Waals surface area contributed by atoms with Crippen LogP contribution in [0, 0.1) is 3.57 Å². The number of hydrogen-bond donors (Lipinski definition) is 1. The average molecular weight is 371 g/mol. The maximum atomic E-state index is 4.37. The summed E-state index contributed by atoms with van der Waals surface area (Å²) in [5.74, 6) is 0. The van der Waals surface area contributed by atoms with E-state index < -0.39 is 0 Å². The van der Waals surface area contributed by atoms with Gasteiger partial charge in [0.15, 0.2) is 0 Å². The highest BCUT2D eigenvalue weighted by Gasteiger charge is 2.07. The zero-order valence-electron chi connectivity index (χ0n) is 5.84. The van der Waals surface area contributed by atoms with E-state index >= 15 is 0 Å². The van der Waals surface area contributed by atoms with Gasteiger partial charge >= 0.3 is 0 Å². The highest BCUT2D eigenvalue weighted by Crippen LogP contribution is 2.35. The Balaban J connectivity index is 2.94. The van der Waals surface area contributed by atoms with Gasteiger partial charge in [-0.1, -0.05) is 0 Å². The molecular formula is C8H4BrIS2. The van der Waals surface area contributed by atoms with Crippen molar-refractivity contribution in [2.45, 2.75) is 4.90 Å². The number of rotatable bonds is 0. The fourth-order valence-electron chi connectivity index (χ4n) is 1.03. The van der Waals surface area contributed by atoms with Crippen LogP contribution in [0.5, 0.6) is 0 Å². The van der Waals surface area contributed by atoms with Crippen molar-refractivity contribution in [2.75, 3.05) is 0 Å². The van der Waals surface area contributed by atoms with Crippen LogP contribution in [0.2, 0.25) is 0 Å². The molecule has 0 spiro atoms. The summed E-state index contributed by atoms with van der Waals surface area (Å²) in [6, 6.07) is 4.23. The minimum Gasteiger partial charge on any atom is -0.144 e. The molecule has 0 bridgehead atoms. The molecule has 1 heterocycles. The maximum Gasteiger partial charge on any atom is 0.0449 e. The molecule has 0 unspecified atom stereocenters. The first-order valence-electron chi connectivity index (χ1n) is 3.24. The van der Waals surface area contributed by atoms with Crippen LogP contribution in [0.25, 0.3) is 10.1 Å². The lowest BCUT2D eigenvalue weighted by atomic mass is 10.3. The molecule has 1 aromatic heterocycles. The molecule has 0 amide bonds. The van der Waals surface area contributed by atoms with Crippen LogP contribution < -0.4 is 0 Å². The number of thiophene rings is 1. The molecule has 0 nitrogen and oxygen atoms in total. The molecule has 0 aliphatic rings. The minimum atomic E-state index is 1.01. The van der Waals surface area contributed by atoms with E-state index in [-0.39, 0.29) is 0 Å². The van der Waals surface area contributed by atoms with Gasteiger partial charge < -0.3 is 0 Å². The molecule has 0 aliphatic heterocycles. The molecule has 4 heteroatoms. The van der Waals surface area contributed by atoms with Crippen LogP contribution in [-0.2, 0) is 0 Å². The molecule has 0 atom stereocenters. The molecule has 62 valence electrons.